The van der Waals surface area contributed by atoms with Crippen molar-refractivity contribution in [2.45, 2.75) is 26.0 Å². The number of halogens is 2. The number of rotatable bonds is 7. The molecule has 0 aliphatic carbocycles. The number of amides is 1. The minimum Gasteiger partial charge on any atom is -0.486 e. The Labute approximate surface area is 147 Å². The van der Waals surface area contributed by atoms with Crippen molar-refractivity contribution in [3.8, 4) is 5.75 Å². The maximum Gasteiger partial charge on any atom is 0.251 e. The Morgan fingerprint density at radius 1 is 1.21 bits per heavy atom. The van der Waals surface area contributed by atoms with Gasteiger partial charge in [0, 0.05) is 12.1 Å². The molecule has 0 heterocycles. The SMILES string of the molecule is CCC(CNC(=O)c1ccc(CN)cc1)Oc1ccccc1F.Cl. The molecule has 1 amide bonds. The molecule has 0 saturated carbocycles. The van der Waals surface area contributed by atoms with Crippen molar-refractivity contribution in [2.75, 3.05) is 6.54 Å². The van der Waals surface area contributed by atoms with Crippen LogP contribution in [0.4, 0.5) is 4.39 Å². The van der Waals surface area contributed by atoms with E-state index in [0.717, 1.165) is 5.56 Å². The Balaban J connectivity index is 0.00000288. The van der Waals surface area contributed by atoms with Crippen molar-refractivity contribution in [1.29, 1.82) is 0 Å². The van der Waals surface area contributed by atoms with Gasteiger partial charge in [0.25, 0.3) is 5.91 Å². The number of hydrogen-bond donors (Lipinski definition) is 2. The van der Waals surface area contributed by atoms with Crippen molar-refractivity contribution in [3.63, 3.8) is 0 Å². The lowest BCUT2D eigenvalue weighted by Crippen LogP contribution is -2.35. The van der Waals surface area contributed by atoms with E-state index in [4.69, 9.17) is 10.5 Å². The van der Waals surface area contributed by atoms with Gasteiger partial charge in [-0.2, -0.15) is 0 Å². The van der Waals surface area contributed by atoms with E-state index in [9.17, 15) is 9.18 Å². The van der Waals surface area contributed by atoms with Crippen molar-refractivity contribution in [1.82, 2.24) is 5.32 Å². The van der Waals surface area contributed by atoms with Crippen LogP contribution in [0, 0.1) is 5.82 Å². The summed E-state index contributed by atoms with van der Waals surface area (Å²) in [6, 6.07) is 13.3. The molecule has 0 spiro atoms. The average Bonchev–Trinajstić information content (AvgIpc) is 2.60. The van der Waals surface area contributed by atoms with Gasteiger partial charge in [0.1, 0.15) is 6.10 Å². The summed E-state index contributed by atoms with van der Waals surface area (Å²) in [7, 11) is 0. The maximum absolute atomic E-state index is 13.6. The minimum absolute atomic E-state index is 0. The van der Waals surface area contributed by atoms with Crippen LogP contribution in [0.3, 0.4) is 0 Å². The largest absolute Gasteiger partial charge is 0.486 e. The number of carbonyl (C=O) groups excluding carboxylic acids is 1. The first-order chi connectivity index (χ1) is 11.1. The first-order valence-electron chi connectivity index (χ1n) is 7.62. The van der Waals surface area contributed by atoms with Gasteiger partial charge in [0.05, 0.1) is 6.54 Å². The number of ether oxygens (including phenoxy) is 1. The summed E-state index contributed by atoms with van der Waals surface area (Å²) in [5, 5.41) is 2.81. The molecule has 0 aliphatic heterocycles. The van der Waals surface area contributed by atoms with Gasteiger partial charge in [-0.25, -0.2) is 4.39 Å². The molecule has 2 rings (SSSR count). The lowest BCUT2D eigenvalue weighted by atomic mass is 10.1. The molecular formula is C18H22ClFN2O2. The van der Waals surface area contributed by atoms with Crippen LogP contribution in [0.25, 0.3) is 0 Å². The summed E-state index contributed by atoms with van der Waals surface area (Å²) in [6.07, 6.45) is 0.361. The second-order valence-electron chi connectivity index (χ2n) is 5.19. The van der Waals surface area contributed by atoms with Crippen molar-refractivity contribution >= 4 is 18.3 Å². The van der Waals surface area contributed by atoms with E-state index in [1.807, 2.05) is 19.1 Å². The molecular weight excluding hydrogens is 331 g/mol. The molecule has 0 radical (unpaired) electrons. The van der Waals surface area contributed by atoms with Crippen molar-refractivity contribution in [2.24, 2.45) is 5.73 Å². The Morgan fingerprint density at radius 2 is 1.88 bits per heavy atom. The van der Waals surface area contributed by atoms with Gasteiger partial charge in [-0.3, -0.25) is 4.79 Å². The van der Waals surface area contributed by atoms with Gasteiger partial charge in [0.15, 0.2) is 11.6 Å². The summed E-state index contributed by atoms with van der Waals surface area (Å²) >= 11 is 0. The highest BCUT2D eigenvalue weighted by Crippen LogP contribution is 2.17. The monoisotopic (exact) mass is 352 g/mol. The van der Waals surface area contributed by atoms with Gasteiger partial charge in [-0.1, -0.05) is 31.2 Å². The quantitative estimate of drug-likeness (QED) is 0.803. The second-order valence-corrected chi connectivity index (χ2v) is 5.19. The fourth-order valence-electron chi connectivity index (χ4n) is 2.09. The van der Waals surface area contributed by atoms with Crippen LogP contribution in [-0.4, -0.2) is 18.6 Å². The molecule has 6 heteroatoms. The number of hydrogen-bond acceptors (Lipinski definition) is 3. The van der Waals surface area contributed by atoms with E-state index >= 15 is 0 Å². The predicted octanol–water partition coefficient (Wildman–Crippen LogP) is 3.29. The zero-order valence-corrected chi connectivity index (χ0v) is 14.3. The van der Waals surface area contributed by atoms with E-state index in [0.29, 0.717) is 25.1 Å². The molecule has 24 heavy (non-hydrogen) atoms. The van der Waals surface area contributed by atoms with Crippen LogP contribution < -0.4 is 15.8 Å². The van der Waals surface area contributed by atoms with E-state index in [2.05, 4.69) is 5.32 Å². The summed E-state index contributed by atoms with van der Waals surface area (Å²) in [5.74, 6) is -0.403. The van der Waals surface area contributed by atoms with Crippen molar-refractivity contribution < 1.29 is 13.9 Å². The van der Waals surface area contributed by atoms with Crippen molar-refractivity contribution in [3.05, 3.63) is 65.5 Å². The van der Waals surface area contributed by atoms with Crippen LogP contribution in [0.5, 0.6) is 5.75 Å². The van der Waals surface area contributed by atoms with Crippen LogP contribution in [0.1, 0.15) is 29.3 Å². The fraction of sp³-hybridized carbons (Fsp3) is 0.278. The number of benzene rings is 2. The Hall–Kier alpha value is -2.11. The summed E-state index contributed by atoms with van der Waals surface area (Å²) in [5.41, 5.74) is 7.06. The Morgan fingerprint density at radius 3 is 2.46 bits per heavy atom. The average molecular weight is 353 g/mol. The summed E-state index contributed by atoms with van der Waals surface area (Å²) < 4.78 is 19.2. The third kappa shape index (κ3) is 5.51. The van der Waals surface area contributed by atoms with E-state index in [1.165, 1.54) is 6.07 Å². The highest BCUT2D eigenvalue weighted by Gasteiger charge is 2.13. The molecule has 2 aromatic carbocycles. The molecule has 130 valence electrons. The zero-order valence-electron chi connectivity index (χ0n) is 13.5. The molecule has 0 aliphatic rings. The molecule has 0 aromatic heterocycles. The molecule has 0 bridgehead atoms. The second kappa shape index (κ2) is 9.90. The maximum atomic E-state index is 13.6. The lowest BCUT2D eigenvalue weighted by Gasteiger charge is -2.18. The Kier molecular flexibility index (Phi) is 8.22. The zero-order chi connectivity index (χ0) is 16.7. The predicted molar refractivity (Wildman–Crippen MR) is 95.0 cm³/mol. The molecule has 3 N–H and O–H groups in total. The van der Waals surface area contributed by atoms with Crippen LogP contribution in [0.15, 0.2) is 48.5 Å². The summed E-state index contributed by atoms with van der Waals surface area (Å²) in [4.78, 5) is 12.1. The molecule has 4 nitrogen and oxygen atoms in total. The van der Waals surface area contributed by atoms with Gasteiger partial charge >= 0.3 is 0 Å². The summed E-state index contributed by atoms with van der Waals surface area (Å²) in [6.45, 7) is 2.67. The lowest BCUT2D eigenvalue weighted by molar-refractivity contribution is 0.0924. The van der Waals surface area contributed by atoms with E-state index in [-0.39, 0.29) is 30.2 Å². The number of nitrogens with one attached hydrogen (secondary N) is 1. The molecule has 2 aromatic rings. The number of carbonyl (C=O) groups is 1. The smallest absolute Gasteiger partial charge is 0.251 e. The van der Waals surface area contributed by atoms with Gasteiger partial charge in [0.2, 0.25) is 0 Å². The van der Waals surface area contributed by atoms with E-state index < -0.39 is 5.82 Å². The van der Waals surface area contributed by atoms with E-state index in [1.54, 1.807) is 30.3 Å². The first kappa shape index (κ1) is 19.9. The number of para-hydroxylation sites is 1. The highest BCUT2D eigenvalue weighted by atomic mass is 35.5. The molecule has 1 atom stereocenters. The third-order valence-corrected chi connectivity index (χ3v) is 3.53. The highest BCUT2D eigenvalue weighted by molar-refractivity contribution is 5.94. The topological polar surface area (TPSA) is 64.4 Å². The first-order valence-corrected chi connectivity index (χ1v) is 7.62. The van der Waals surface area contributed by atoms with Crippen LogP contribution in [-0.2, 0) is 6.54 Å². The van der Waals surface area contributed by atoms with Gasteiger partial charge in [-0.05, 0) is 36.2 Å². The molecule has 1 unspecified atom stereocenters. The molecule has 0 saturated heterocycles. The number of nitrogens with two attached hydrogens (primary N) is 1. The van der Waals surface area contributed by atoms with Gasteiger partial charge in [-0.15, -0.1) is 12.4 Å². The minimum atomic E-state index is -0.408. The third-order valence-electron chi connectivity index (χ3n) is 3.53. The van der Waals surface area contributed by atoms with Gasteiger partial charge < -0.3 is 15.8 Å². The standard InChI is InChI=1S/C18H21FN2O2.ClH/c1-2-15(23-17-6-4-3-5-16(17)19)12-21-18(22)14-9-7-13(11-20)8-10-14;/h3-10,15H,2,11-12,20H2,1H3,(H,21,22);1H. The van der Waals surface area contributed by atoms with Crippen LogP contribution in [0.2, 0.25) is 0 Å². The Bertz CT molecular complexity index is 650. The molecule has 0 fully saturated rings. The normalized spacial score (nSPS) is 11.3. The van der Waals surface area contributed by atoms with Crippen LogP contribution >= 0.6 is 12.4 Å². The fourth-order valence-corrected chi connectivity index (χ4v) is 2.09.